The van der Waals surface area contributed by atoms with E-state index in [9.17, 15) is 9.59 Å². The number of ether oxygens (including phenoxy) is 1. The van der Waals surface area contributed by atoms with Gasteiger partial charge in [-0.15, -0.1) is 0 Å². The molecule has 0 saturated carbocycles. The summed E-state index contributed by atoms with van der Waals surface area (Å²) >= 11 is 6.15. The van der Waals surface area contributed by atoms with Crippen molar-refractivity contribution in [2.45, 2.75) is 25.1 Å². The van der Waals surface area contributed by atoms with E-state index in [2.05, 4.69) is 25.9 Å². The predicted molar refractivity (Wildman–Crippen MR) is 131 cm³/mol. The number of rotatable bonds is 5. The van der Waals surface area contributed by atoms with Crippen LogP contribution in [0.3, 0.4) is 0 Å². The Morgan fingerprint density at radius 3 is 2.35 bits per heavy atom. The maximum absolute atomic E-state index is 12.8. The number of Topliss-reactive ketones (excluding diaryl/α,β-unsaturated/α-hetero) is 1. The molecule has 2 aromatic rings. The van der Waals surface area contributed by atoms with E-state index < -0.39 is 4.33 Å². The van der Waals surface area contributed by atoms with Gasteiger partial charge in [-0.2, -0.15) is 5.10 Å². The molecule has 1 spiro atoms. The van der Waals surface area contributed by atoms with E-state index in [-0.39, 0.29) is 18.4 Å². The minimum Gasteiger partial charge on any atom is -0.462 e. The molecule has 4 rings (SSSR count). The van der Waals surface area contributed by atoms with Crippen LogP contribution in [0.15, 0.2) is 74.8 Å². The zero-order valence-corrected chi connectivity index (χ0v) is 20.4. The highest BCUT2D eigenvalue weighted by atomic mass is 79.9. The van der Waals surface area contributed by atoms with E-state index in [1.165, 1.54) is 30.4 Å². The highest BCUT2D eigenvalue weighted by Crippen LogP contribution is 2.60. The van der Waals surface area contributed by atoms with Crippen LogP contribution in [0.1, 0.15) is 20.8 Å². The highest BCUT2D eigenvalue weighted by molar-refractivity contribution is 9.10. The summed E-state index contributed by atoms with van der Waals surface area (Å²) < 4.78 is 5.36. The van der Waals surface area contributed by atoms with Gasteiger partial charge in [0.05, 0.1) is 12.3 Å². The van der Waals surface area contributed by atoms with Crippen LogP contribution in [0.4, 0.5) is 11.4 Å². The summed E-state index contributed by atoms with van der Waals surface area (Å²) in [7, 11) is 0. The Bertz CT molecular complexity index is 1090. The van der Waals surface area contributed by atoms with Gasteiger partial charge < -0.3 is 9.64 Å². The van der Waals surface area contributed by atoms with E-state index >= 15 is 0 Å². The van der Waals surface area contributed by atoms with Crippen molar-refractivity contribution < 1.29 is 14.3 Å². The van der Waals surface area contributed by atoms with Gasteiger partial charge in [0.25, 0.3) is 0 Å². The number of anilines is 2. The third kappa shape index (κ3) is 3.90. The Hall–Kier alpha value is -2.23. The molecule has 9 heteroatoms. The van der Waals surface area contributed by atoms with E-state index in [0.717, 1.165) is 21.5 Å². The van der Waals surface area contributed by atoms with Crippen LogP contribution >= 0.6 is 39.5 Å². The Balaban J connectivity index is 1.89. The molecule has 1 atom stereocenters. The van der Waals surface area contributed by atoms with E-state index in [1.54, 1.807) is 6.92 Å². The maximum atomic E-state index is 12.8. The summed E-state index contributed by atoms with van der Waals surface area (Å²) in [6, 6.07) is 17.5. The number of nitrogens with zero attached hydrogens (tertiary/aromatic N) is 3. The number of hydrogen-bond acceptors (Lipinski definition) is 8. The van der Waals surface area contributed by atoms with Crippen molar-refractivity contribution in [3.8, 4) is 0 Å². The van der Waals surface area contributed by atoms with Gasteiger partial charge in [0.1, 0.15) is 4.91 Å². The standard InChI is InChI=1S/C22H20BrN3O3S2/c1-4-29-21(28)19-14(2)25(17-8-6-5-7-9-17)22(30-19)26(24-20(31-22)15(3)27)18-12-10-16(23)11-13-18/h5-13H,4H2,1-3H3/t22-/m0/s1. The summed E-state index contributed by atoms with van der Waals surface area (Å²) in [5, 5.41) is 6.88. The summed E-state index contributed by atoms with van der Waals surface area (Å²) in [5.74, 6) is -0.504. The first-order chi connectivity index (χ1) is 14.9. The van der Waals surface area contributed by atoms with Gasteiger partial charge in [-0.25, -0.2) is 9.80 Å². The maximum Gasteiger partial charge on any atom is 0.346 e. The summed E-state index contributed by atoms with van der Waals surface area (Å²) in [6.45, 7) is 5.47. The third-order valence-corrected chi connectivity index (χ3v) is 8.22. The second kappa shape index (κ2) is 8.72. The molecule has 2 aliphatic heterocycles. The number of ketones is 1. The van der Waals surface area contributed by atoms with Crippen LogP contribution < -0.4 is 9.91 Å². The second-order valence-corrected chi connectivity index (χ2v) is 10.3. The Morgan fingerprint density at radius 1 is 1.06 bits per heavy atom. The molecule has 0 unspecified atom stereocenters. The van der Waals surface area contributed by atoms with Crippen molar-refractivity contribution in [3.63, 3.8) is 0 Å². The van der Waals surface area contributed by atoms with E-state index in [4.69, 9.17) is 4.74 Å². The van der Waals surface area contributed by atoms with Gasteiger partial charge >= 0.3 is 5.97 Å². The first kappa shape index (κ1) is 22.0. The normalized spacial score (nSPS) is 20.5. The molecule has 0 amide bonds. The van der Waals surface area contributed by atoms with Crippen LogP contribution in [-0.2, 0) is 14.3 Å². The number of benzene rings is 2. The number of thioether (sulfide) groups is 2. The molecule has 6 nitrogen and oxygen atoms in total. The zero-order valence-electron chi connectivity index (χ0n) is 17.2. The second-order valence-electron chi connectivity index (χ2n) is 6.81. The van der Waals surface area contributed by atoms with Gasteiger partial charge in [0.15, 0.2) is 10.8 Å². The fourth-order valence-electron chi connectivity index (χ4n) is 3.38. The number of hydrazone groups is 1. The van der Waals surface area contributed by atoms with Gasteiger partial charge in [-0.05, 0) is 62.0 Å². The van der Waals surface area contributed by atoms with Crippen molar-refractivity contribution in [2.24, 2.45) is 5.10 Å². The number of carbonyl (C=O) groups excluding carboxylic acids is 2. The molecule has 0 aromatic heterocycles. The molecule has 160 valence electrons. The molecular formula is C22H20BrN3O3S2. The van der Waals surface area contributed by atoms with Gasteiger partial charge in [-0.1, -0.05) is 45.9 Å². The predicted octanol–water partition coefficient (Wildman–Crippen LogP) is 5.56. The van der Waals surface area contributed by atoms with Crippen molar-refractivity contribution in [3.05, 3.63) is 69.7 Å². The minimum absolute atomic E-state index is 0.125. The molecule has 0 aliphatic carbocycles. The molecule has 2 aromatic carbocycles. The van der Waals surface area contributed by atoms with Crippen LogP contribution in [-0.4, -0.2) is 27.7 Å². The topological polar surface area (TPSA) is 62.2 Å². The van der Waals surface area contributed by atoms with Crippen molar-refractivity contribution >= 4 is 67.6 Å². The lowest BCUT2D eigenvalue weighted by atomic mass is 10.2. The Morgan fingerprint density at radius 2 is 1.74 bits per heavy atom. The largest absolute Gasteiger partial charge is 0.462 e. The molecule has 0 N–H and O–H groups in total. The van der Waals surface area contributed by atoms with Crippen LogP contribution in [0, 0.1) is 0 Å². The minimum atomic E-state index is -0.914. The lowest BCUT2D eigenvalue weighted by Crippen LogP contribution is -2.49. The average Bonchev–Trinajstić information content (AvgIpc) is 3.28. The number of halogens is 1. The Kier molecular flexibility index (Phi) is 6.18. The monoisotopic (exact) mass is 517 g/mol. The van der Waals surface area contributed by atoms with Gasteiger partial charge in [0, 0.05) is 22.8 Å². The fourth-order valence-corrected chi connectivity index (χ4v) is 6.59. The molecule has 2 heterocycles. The molecule has 0 radical (unpaired) electrons. The fraction of sp³-hybridized carbons (Fsp3) is 0.227. The molecule has 0 bridgehead atoms. The number of esters is 1. The number of hydrogen-bond donors (Lipinski definition) is 0. The Labute approximate surface area is 197 Å². The lowest BCUT2D eigenvalue weighted by Gasteiger charge is -2.41. The highest BCUT2D eigenvalue weighted by Gasteiger charge is 2.57. The molecular weight excluding hydrogens is 498 g/mol. The molecule has 31 heavy (non-hydrogen) atoms. The van der Waals surface area contributed by atoms with Crippen LogP contribution in [0.5, 0.6) is 0 Å². The number of para-hydroxylation sites is 1. The summed E-state index contributed by atoms with van der Waals surface area (Å²) in [4.78, 5) is 27.7. The van der Waals surface area contributed by atoms with Crippen molar-refractivity contribution in [2.75, 3.05) is 16.5 Å². The van der Waals surface area contributed by atoms with Gasteiger partial charge in [0.2, 0.25) is 4.33 Å². The zero-order chi connectivity index (χ0) is 22.2. The first-order valence-corrected chi connectivity index (χ1v) is 12.1. The number of allylic oxidation sites excluding steroid dienone is 1. The summed E-state index contributed by atoms with van der Waals surface area (Å²) in [6.07, 6.45) is 0. The van der Waals surface area contributed by atoms with Crippen molar-refractivity contribution in [1.29, 1.82) is 0 Å². The first-order valence-electron chi connectivity index (χ1n) is 9.64. The quantitative estimate of drug-likeness (QED) is 0.480. The average molecular weight is 518 g/mol. The van der Waals surface area contributed by atoms with Crippen LogP contribution in [0.25, 0.3) is 0 Å². The van der Waals surface area contributed by atoms with Crippen LogP contribution in [0.2, 0.25) is 0 Å². The third-order valence-electron chi connectivity index (χ3n) is 4.72. The number of carbonyl (C=O) groups is 2. The summed E-state index contributed by atoms with van der Waals surface area (Å²) in [5.41, 5.74) is 2.45. The van der Waals surface area contributed by atoms with Gasteiger partial charge in [-0.3, -0.25) is 4.79 Å². The SMILES string of the molecule is CCOC(=O)C1=C(C)N(c2ccccc2)[C@@]2(SC(C(C)=O)=NN2c2ccc(Br)cc2)S1. The molecule has 2 aliphatic rings. The lowest BCUT2D eigenvalue weighted by molar-refractivity contribution is -0.137. The smallest absolute Gasteiger partial charge is 0.346 e. The molecule has 0 fully saturated rings. The van der Waals surface area contributed by atoms with Crippen molar-refractivity contribution in [1.82, 2.24) is 0 Å². The molecule has 0 saturated heterocycles. The van der Waals surface area contributed by atoms with E-state index in [1.807, 2.05) is 66.5 Å². The van der Waals surface area contributed by atoms with E-state index in [0.29, 0.717) is 9.95 Å².